The van der Waals surface area contributed by atoms with Crippen molar-refractivity contribution in [2.45, 2.75) is 19.4 Å². The van der Waals surface area contributed by atoms with E-state index in [1.165, 1.54) is 0 Å². The van der Waals surface area contributed by atoms with Crippen LogP contribution in [0.5, 0.6) is 0 Å². The van der Waals surface area contributed by atoms with Crippen molar-refractivity contribution >= 4 is 17.4 Å². The first-order chi connectivity index (χ1) is 10.9. The Morgan fingerprint density at radius 2 is 1.96 bits per heavy atom. The zero-order valence-electron chi connectivity index (χ0n) is 12.4. The second kappa shape index (κ2) is 7.63. The number of halogens is 3. The molecule has 0 saturated carbocycles. The third-order valence-corrected chi connectivity index (χ3v) is 3.41. The van der Waals surface area contributed by atoms with Gasteiger partial charge in [0.2, 0.25) is 0 Å². The third-order valence-electron chi connectivity index (χ3n) is 3.12. The number of aromatic nitrogens is 2. The molecule has 2 rings (SSSR count). The van der Waals surface area contributed by atoms with E-state index in [2.05, 4.69) is 15.3 Å². The number of anilines is 1. The standard InChI is InChI=1S/C15H16ClF2N3O2/c1-2-8-3-14(19-6-9(23)7-22)21-15(20-8)10-4-13(18)11(16)5-12(10)17/h3-5,9,22-23H,2,6-7H2,1H3,(H,19,20,21)/t9-/m1/s1. The molecule has 0 saturated heterocycles. The molecule has 0 bridgehead atoms. The normalized spacial score (nSPS) is 12.3. The Hall–Kier alpha value is -1.83. The highest BCUT2D eigenvalue weighted by Crippen LogP contribution is 2.26. The molecule has 0 fully saturated rings. The molecule has 0 aliphatic carbocycles. The average molecular weight is 344 g/mol. The van der Waals surface area contributed by atoms with Crippen LogP contribution in [0.4, 0.5) is 14.6 Å². The molecule has 1 atom stereocenters. The topological polar surface area (TPSA) is 78.3 Å². The van der Waals surface area contributed by atoms with Crippen LogP contribution in [0.2, 0.25) is 5.02 Å². The highest BCUT2D eigenvalue weighted by molar-refractivity contribution is 6.30. The molecule has 0 aliphatic rings. The third kappa shape index (κ3) is 4.34. The lowest BCUT2D eigenvalue weighted by molar-refractivity contribution is 0.105. The number of rotatable bonds is 6. The van der Waals surface area contributed by atoms with E-state index in [0.29, 0.717) is 17.9 Å². The van der Waals surface area contributed by atoms with Crippen LogP contribution in [0.1, 0.15) is 12.6 Å². The minimum Gasteiger partial charge on any atom is -0.394 e. The van der Waals surface area contributed by atoms with Crippen LogP contribution in [0, 0.1) is 11.6 Å². The largest absolute Gasteiger partial charge is 0.394 e. The van der Waals surface area contributed by atoms with Gasteiger partial charge in [-0.25, -0.2) is 18.7 Å². The summed E-state index contributed by atoms with van der Waals surface area (Å²) in [4.78, 5) is 8.31. The first-order valence-electron chi connectivity index (χ1n) is 7.00. The van der Waals surface area contributed by atoms with Gasteiger partial charge in [0, 0.05) is 18.3 Å². The first kappa shape index (κ1) is 17.5. The Morgan fingerprint density at radius 3 is 2.61 bits per heavy atom. The summed E-state index contributed by atoms with van der Waals surface area (Å²) in [6.07, 6.45) is -0.395. The second-order valence-corrected chi connectivity index (χ2v) is 5.29. The molecule has 0 radical (unpaired) electrons. The SMILES string of the molecule is CCc1cc(NC[C@@H](O)CO)nc(-c2cc(F)c(Cl)cc2F)n1. The number of aliphatic hydroxyl groups is 2. The number of aryl methyl sites for hydroxylation is 1. The Kier molecular flexibility index (Phi) is 5.81. The number of hydrogen-bond donors (Lipinski definition) is 3. The maximum absolute atomic E-state index is 14.0. The molecule has 0 spiro atoms. The minimum absolute atomic E-state index is 0.0124. The van der Waals surface area contributed by atoms with Gasteiger partial charge in [-0.2, -0.15) is 0 Å². The molecule has 2 aromatic rings. The number of nitrogens with one attached hydrogen (secondary N) is 1. The molecule has 1 aromatic carbocycles. The zero-order chi connectivity index (χ0) is 17.0. The van der Waals surface area contributed by atoms with Gasteiger partial charge in [0.05, 0.1) is 23.3 Å². The molecular weight excluding hydrogens is 328 g/mol. The van der Waals surface area contributed by atoms with Crippen molar-refractivity contribution in [3.63, 3.8) is 0 Å². The zero-order valence-corrected chi connectivity index (χ0v) is 13.1. The van der Waals surface area contributed by atoms with Crippen molar-refractivity contribution in [1.29, 1.82) is 0 Å². The lowest BCUT2D eigenvalue weighted by atomic mass is 10.2. The van der Waals surface area contributed by atoms with Gasteiger partial charge in [-0.15, -0.1) is 0 Å². The van der Waals surface area contributed by atoms with Crippen LogP contribution in [-0.2, 0) is 6.42 Å². The molecule has 1 aromatic heterocycles. The first-order valence-corrected chi connectivity index (χ1v) is 7.38. The second-order valence-electron chi connectivity index (χ2n) is 4.89. The quantitative estimate of drug-likeness (QED) is 0.702. The molecular formula is C15H16ClF2N3O2. The van der Waals surface area contributed by atoms with Crippen molar-refractivity contribution in [3.8, 4) is 11.4 Å². The molecule has 0 amide bonds. The van der Waals surface area contributed by atoms with Crippen molar-refractivity contribution < 1.29 is 19.0 Å². The molecule has 8 heteroatoms. The Bertz CT molecular complexity index is 701. The number of nitrogens with zero attached hydrogens (tertiary/aromatic N) is 2. The predicted octanol–water partition coefficient (Wildman–Crippen LogP) is 2.40. The van der Waals surface area contributed by atoms with Gasteiger partial charge in [-0.05, 0) is 18.6 Å². The summed E-state index contributed by atoms with van der Waals surface area (Å²) >= 11 is 5.54. The predicted molar refractivity (Wildman–Crippen MR) is 83.4 cm³/mol. The Balaban J connectivity index is 2.40. The average Bonchev–Trinajstić information content (AvgIpc) is 2.55. The Morgan fingerprint density at radius 1 is 1.22 bits per heavy atom. The lowest BCUT2D eigenvalue weighted by Gasteiger charge is -2.12. The summed E-state index contributed by atoms with van der Waals surface area (Å²) in [7, 11) is 0. The molecule has 23 heavy (non-hydrogen) atoms. The maximum Gasteiger partial charge on any atom is 0.164 e. The lowest BCUT2D eigenvalue weighted by Crippen LogP contribution is -2.23. The van der Waals surface area contributed by atoms with Crippen LogP contribution in [0.3, 0.4) is 0 Å². The molecule has 3 N–H and O–H groups in total. The molecule has 0 unspecified atom stereocenters. The van der Waals surface area contributed by atoms with Crippen LogP contribution in [0.15, 0.2) is 18.2 Å². The van der Waals surface area contributed by atoms with Gasteiger partial charge in [0.1, 0.15) is 17.5 Å². The molecule has 5 nitrogen and oxygen atoms in total. The van der Waals surface area contributed by atoms with Crippen LogP contribution in [0.25, 0.3) is 11.4 Å². The summed E-state index contributed by atoms with van der Waals surface area (Å²) in [5.74, 6) is -1.14. The van der Waals surface area contributed by atoms with Crippen LogP contribution >= 0.6 is 11.6 Å². The van der Waals surface area contributed by atoms with Gasteiger partial charge in [0.25, 0.3) is 0 Å². The van der Waals surface area contributed by atoms with E-state index < -0.39 is 24.3 Å². The maximum atomic E-state index is 14.0. The number of benzene rings is 1. The Labute approximate surface area is 137 Å². The summed E-state index contributed by atoms with van der Waals surface area (Å²) in [5, 5.41) is 20.7. The number of hydrogen-bond acceptors (Lipinski definition) is 5. The van der Waals surface area contributed by atoms with E-state index in [-0.39, 0.29) is 23.0 Å². The van der Waals surface area contributed by atoms with Gasteiger partial charge >= 0.3 is 0 Å². The van der Waals surface area contributed by atoms with E-state index in [1.807, 2.05) is 6.92 Å². The van der Waals surface area contributed by atoms with Crippen molar-refractivity contribution in [2.75, 3.05) is 18.5 Å². The molecule has 124 valence electrons. The van der Waals surface area contributed by atoms with Gasteiger partial charge in [-0.1, -0.05) is 18.5 Å². The summed E-state index contributed by atoms with van der Waals surface area (Å²) in [6.45, 7) is 1.52. The highest BCUT2D eigenvalue weighted by Gasteiger charge is 2.15. The van der Waals surface area contributed by atoms with E-state index in [9.17, 15) is 13.9 Å². The van der Waals surface area contributed by atoms with Crippen LogP contribution < -0.4 is 5.32 Å². The monoisotopic (exact) mass is 343 g/mol. The highest BCUT2D eigenvalue weighted by atomic mass is 35.5. The smallest absolute Gasteiger partial charge is 0.164 e. The summed E-state index contributed by atoms with van der Waals surface area (Å²) in [5.41, 5.74) is 0.513. The fourth-order valence-corrected chi connectivity index (χ4v) is 2.02. The summed E-state index contributed by atoms with van der Waals surface area (Å²) in [6, 6.07) is 3.45. The van der Waals surface area contributed by atoms with E-state index >= 15 is 0 Å². The van der Waals surface area contributed by atoms with Gasteiger partial charge in [-0.3, -0.25) is 0 Å². The van der Waals surface area contributed by atoms with Crippen molar-refractivity contribution in [1.82, 2.24) is 9.97 Å². The fourth-order valence-electron chi connectivity index (χ4n) is 1.87. The van der Waals surface area contributed by atoms with Crippen molar-refractivity contribution in [2.24, 2.45) is 0 Å². The van der Waals surface area contributed by atoms with E-state index in [4.69, 9.17) is 16.7 Å². The van der Waals surface area contributed by atoms with Gasteiger partial charge < -0.3 is 15.5 Å². The molecule has 1 heterocycles. The van der Waals surface area contributed by atoms with Crippen LogP contribution in [-0.4, -0.2) is 39.4 Å². The minimum atomic E-state index is -0.955. The summed E-state index contributed by atoms with van der Waals surface area (Å²) < 4.78 is 27.6. The van der Waals surface area contributed by atoms with E-state index in [0.717, 1.165) is 12.1 Å². The molecule has 0 aliphatic heterocycles. The van der Waals surface area contributed by atoms with Crippen molar-refractivity contribution in [3.05, 3.63) is 40.6 Å². The number of aliphatic hydroxyl groups excluding tert-OH is 2. The van der Waals surface area contributed by atoms with Gasteiger partial charge in [0.15, 0.2) is 5.82 Å². The van der Waals surface area contributed by atoms with E-state index in [1.54, 1.807) is 6.07 Å². The fraction of sp³-hybridized carbons (Fsp3) is 0.333.